The number of rotatable bonds is 4. The number of nitrogens with one attached hydrogen (secondary N) is 1. The van der Waals surface area contributed by atoms with Gasteiger partial charge in [-0.2, -0.15) is 5.10 Å². The average Bonchev–Trinajstić information content (AvgIpc) is 2.98. The maximum absolute atomic E-state index is 11.9. The topological polar surface area (TPSA) is 46.9 Å². The summed E-state index contributed by atoms with van der Waals surface area (Å²) in [5, 5.41) is 7.01. The predicted molar refractivity (Wildman–Crippen MR) is 82.7 cm³/mol. The van der Waals surface area contributed by atoms with Crippen LogP contribution in [0.4, 0.5) is 5.69 Å². The van der Waals surface area contributed by atoms with Gasteiger partial charge in [-0.25, -0.2) is 0 Å². The van der Waals surface area contributed by atoms with Crippen LogP contribution in [0.2, 0.25) is 0 Å². The fourth-order valence-corrected chi connectivity index (χ4v) is 1.75. The Morgan fingerprint density at radius 1 is 1.30 bits per heavy atom. The molecule has 1 unspecified atom stereocenters. The summed E-state index contributed by atoms with van der Waals surface area (Å²) >= 11 is 0. The average molecular weight is 273 g/mol. The van der Waals surface area contributed by atoms with E-state index in [-0.39, 0.29) is 11.9 Å². The molecular weight excluding hydrogens is 250 g/mol. The molecule has 0 saturated carbocycles. The van der Waals surface area contributed by atoms with Crippen molar-refractivity contribution in [3.63, 3.8) is 0 Å². The smallest absolute Gasteiger partial charge is 0.226 e. The molecule has 0 aliphatic heterocycles. The number of carbonyl (C=O) groups excluding carboxylic acids is 1. The SMILES string of the molecule is CC.Cc1ccc(NC(=O)CC(C)n2cccn2)cc1. The van der Waals surface area contributed by atoms with E-state index in [1.165, 1.54) is 5.56 Å². The normalized spacial score (nSPS) is 11.2. The summed E-state index contributed by atoms with van der Waals surface area (Å²) in [4.78, 5) is 11.9. The highest BCUT2D eigenvalue weighted by atomic mass is 16.1. The first-order valence-electron chi connectivity index (χ1n) is 7.01. The van der Waals surface area contributed by atoms with Crippen molar-refractivity contribution in [2.24, 2.45) is 0 Å². The van der Waals surface area contributed by atoms with Crippen molar-refractivity contribution in [3.05, 3.63) is 48.3 Å². The number of hydrogen-bond acceptors (Lipinski definition) is 2. The van der Waals surface area contributed by atoms with Crippen LogP contribution in [0.1, 0.15) is 38.8 Å². The monoisotopic (exact) mass is 273 g/mol. The molecule has 0 aliphatic rings. The van der Waals surface area contributed by atoms with Crippen LogP contribution in [-0.4, -0.2) is 15.7 Å². The highest BCUT2D eigenvalue weighted by Gasteiger charge is 2.10. The maximum atomic E-state index is 11.9. The largest absolute Gasteiger partial charge is 0.326 e. The second kappa shape index (κ2) is 8.15. The second-order valence-electron chi connectivity index (χ2n) is 4.45. The molecule has 4 heteroatoms. The summed E-state index contributed by atoms with van der Waals surface area (Å²) in [6, 6.07) is 9.69. The lowest BCUT2D eigenvalue weighted by Crippen LogP contribution is -2.17. The standard InChI is InChI=1S/C14H17N3O.C2H6/c1-11-4-6-13(7-5-11)16-14(18)10-12(2)17-9-3-8-15-17;1-2/h3-9,12H,10H2,1-2H3,(H,16,18);1-2H3. The van der Waals surface area contributed by atoms with E-state index in [0.29, 0.717) is 6.42 Å². The molecule has 0 radical (unpaired) electrons. The number of aromatic nitrogens is 2. The summed E-state index contributed by atoms with van der Waals surface area (Å²) in [7, 11) is 0. The highest BCUT2D eigenvalue weighted by Crippen LogP contribution is 2.12. The number of aryl methyl sites for hydroxylation is 1. The van der Waals surface area contributed by atoms with Crippen molar-refractivity contribution in [1.29, 1.82) is 0 Å². The van der Waals surface area contributed by atoms with Gasteiger partial charge >= 0.3 is 0 Å². The first-order chi connectivity index (χ1) is 9.65. The Morgan fingerprint density at radius 2 is 1.95 bits per heavy atom. The molecule has 1 aromatic carbocycles. The Hall–Kier alpha value is -2.10. The van der Waals surface area contributed by atoms with E-state index >= 15 is 0 Å². The van der Waals surface area contributed by atoms with E-state index in [2.05, 4.69) is 10.4 Å². The molecule has 1 aromatic heterocycles. The zero-order valence-electron chi connectivity index (χ0n) is 12.6. The number of benzene rings is 1. The molecule has 0 aliphatic carbocycles. The highest BCUT2D eigenvalue weighted by molar-refractivity contribution is 5.90. The first kappa shape index (κ1) is 16.0. The third-order valence-electron chi connectivity index (χ3n) is 2.79. The van der Waals surface area contributed by atoms with Crippen molar-refractivity contribution >= 4 is 11.6 Å². The van der Waals surface area contributed by atoms with Crippen LogP contribution >= 0.6 is 0 Å². The summed E-state index contributed by atoms with van der Waals surface area (Å²) in [6.45, 7) is 7.99. The molecule has 20 heavy (non-hydrogen) atoms. The van der Waals surface area contributed by atoms with Crippen LogP contribution in [0.25, 0.3) is 0 Å². The summed E-state index contributed by atoms with van der Waals surface area (Å²) in [5.41, 5.74) is 2.01. The lowest BCUT2D eigenvalue weighted by molar-refractivity contribution is -0.116. The Morgan fingerprint density at radius 3 is 2.50 bits per heavy atom. The van der Waals surface area contributed by atoms with Crippen LogP contribution in [0.15, 0.2) is 42.7 Å². The predicted octanol–water partition coefficient (Wildman–Crippen LogP) is 3.81. The van der Waals surface area contributed by atoms with Gasteiger partial charge in [-0.1, -0.05) is 31.5 Å². The second-order valence-corrected chi connectivity index (χ2v) is 4.45. The summed E-state index contributed by atoms with van der Waals surface area (Å²) < 4.78 is 1.79. The molecule has 0 fully saturated rings. The number of anilines is 1. The lowest BCUT2D eigenvalue weighted by atomic mass is 10.2. The van der Waals surface area contributed by atoms with E-state index in [9.17, 15) is 4.79 Å². The minimum absolute atomic E-state index is 0.00172. The van der Waals surface area contributed by atoms with Gasteiger partial charge in [0.15, 0.2) is 0 Å². The van der Waals surface area contributed by atoms with Crippen molar-refractivity contribution in [2.45, 2.75) is 40.2 Å². The zero-order valence-corrected chi connectivity index (χ0v) is 12.6. The van der Waals surface area contributed by atoms with Gasteiger partial charge < -0.3 is 5.32 Å². The molecule has 0 saturated heterocycles. The quantitative estimate of drug-likeness (QED) is 0.920. The van der Waals surface area contributed by atoms with Crippen molar-refractivity contribution in [2.75, 3.05) is 5.32 Å². The molecule has 108 valence electrons. The van der Waals surface area contributed by atoms with Crippen LogP contribution in [0, 0.1) is 6.92 Å². The molecule has 1 atom stereocenters. The third kappa shape index (κ3) is 4.88. The molecule has 2 aromatic rings. The van der Waals surface area contributed by atoms with Crippen LogP contribution in [0.5, 0.6) is 0 Å². The minimum Gasteiger partial charge on any atom is -0.326 e. The van der Waals surface area contributed by atoms with E-state index < -0.39 is 0 Å². The first-order valence-corrected chi connectivity index (χ1v) is 7.01. The van der Waals surface area contributed by atoms with Gasteiger partial charge in [0.2, 0.25) is 5.91 Å². The summed E-state index contributed by atoms with van der Waals surface area (Å²) in [6.07, 6.45) is 3.99. The van der Waals surface area contributed by atoms with Gasteiger partial charge in [-0.3, -0.25) is 9.48 Å². The number of carbonyl (C=O) groups is 1. The molecular formula is C16H23N3O. The number of hydrogen-bond donors (Lipinski definition) is 1. The molecule has 1 N–H and O–H groups in total. The van der Waals surface area contributed by atoms with E-state index in [1.54, 1.807) is 10.9 Å². The van der Waals surface area contributed by atoms with Crippen molar-refractivity contribution in [1.82, 2.24) is 9.78 Å². The molecule has 1 amide bonds. The number of amides is 1. The Kier molecular flexibility index (Phi) is 6.50. The van der Waals surface area contributed by atoms with Gasteiger partial charge in [0.1, 0.15) is 0 Å². The minimum atomic E-state index is 0.00172. The third-order valence-corrected chi connectivity index (χ3v) is 2.79. The molecule has 0 spiro atoms. The van der Waals surface area contributed by atoms with Gasteiger partial charge in [-0.15, -0.1) is 0 Å². The summed E-state index contributed by atoms with van der Waals surface area (Å²) in [5.74, 6) is 0.00172. The molecule has 2 rings (SSSR count). The van der Waals surface area contributed by atoms with Gasteiger partial charge in [-0.05, 0) is 32.0 Å². The van der Waals surface area contributed by atoms with E-state index in [1.807, 2.05) is 64.2 Å². The fraction of sp³-hybridized carbons (Fsp3) is 0.375. The van der Waals surface area contributed by atoms with E-state index in [0.717, 1.165) is 5.69 Å². The zero-order chi connectivity index (χ0) is 15.0. The van der Waals surface area contributed by atoms with Gasteiger partial charge in [0, 0.05) is 24.5 Å². The molecule has 4 nitrogen and oxygen atoms in total. The fourth-order valence-electron chi connectivity index (χ4n) is 1.75. The molecule has 0 bridgehead atoms. The van der Waals surface area contributed by atoms with Crippen LogP contribution in [0.3, 0.4) is 0 Å². The van der Waals surface area contributed by atoms with Crippen molar-refractivity contribution < 1.29 is 4.79 Å². The Balaban J connectivity index is 0.000000956. The van der Waals surface area contributed by atoms with Crippen molar-refractivity contribution in [3.8, 4) is 0 Å². The Bertz CT molecular complexity index is 503. The van der Waals surface area contributed by atoms with Crippen LogP contribution in [-0.2, 0) is 4.79 Å². The van der Waals surface area contributed by atoms with Gasteiger partial charge in [0.25, 0.3) is 0 Å². The van der Waals surface area contributed by atoms with E-state index in [4.69, 9.17) is 0 Å². The maximum Gasteiger partial charge on any atom is 0.226 e. The van der Waals surface area contributed by atoms with Crippen LogP contribution < -0.4 is 5.32 Å². The lowest BCUT2D eigenvalue weighted by Gasteiger charge is -2.12. The Labute approximate surface area is 120 Å². The van der Waals surface area contributed by atoms with Gasteiger partial charge in [0.05, 0.1) is 6.04 Å². The molecule has 1 heterocycles. The number of nitrogens with zero attached hydrogens (tertiary/aromatic N) is 2.